The molecule has 3 atom stereocenters. The molecule has 106 valence electrons. The van der Waals surface area contributed by atoms with E-state index in [1.165, 1.54) is 25.1 Å². The molecule has 1 aromatic rings. The van der Waals surface area contributed by atoms with Crippen LogP contribution in [0.15, 0.2) is 22.7 Å². The fourth-order valence-corrected chi connectivity index (χ4v) is 3.70. The molecule has 2 nitrogen and oxygen atoms in total. The van der Waals surface area contributed by atoms with Crippen LogP contribution in [0.3, 0.4) is 0 Å². The minimum absolute atomic E-state index is 0.288. The molecule has 1 aliphatic rings. The van der Waals surface area contributed by atoms with Crippen molar-refractivity contribution in [1.82, 2.24) is 10.2 Å². The van der Waals surface area contributed by atoms with E-state index in [1.54, 1.807) is 0 Å². The highest BCUT2D eigenvalue weighted by molar-refractivity contribution is 9.10. The van der Waals surface area contributed by atoms with Crippen molar-refractivity contribution in [1.29, 1.82) is 0 Å². The van der Waals surface area contributed by atoms with Crippen molar-refractivity contribution in [2.45, 2.75) is 32.4 Å². The normalized spacial score (nSPS) is 26.4. The first-order valence-electron chi connectivity index (χ1n) is 6.87. The number of hydrogen-bond acceptors (Lipinski definition) is 2. The number of benzene rings is 1. The van der Waals surface area contributed by atoms with Crippen LogP contribution in [-0.4, -0.2) is 31.1 Å². The van der Waals surface area contributed by atoms with Crippen LogP contribution in [0.2, 0.25) is 5.02 Å². The van der Waals surface area contributed by atoms with Crippen molar-refractivity contribution in [2.75, 3.05) is 20.1 Å². The summed E-state index contributed by atoms with van der Waals surface area (Å²) < 4.78 is 1.03. The van der Waals surface area contributed by atoms with Crippen LogP contribution < -0.4 is 5.32 Å². The molecule has 0 amide bonds. The van der Waals surface area contributed by atoms with Gasteiger partial charge in [-0.3, -0.25) is 0 Å². The van der Waals surface area contributed by atoms with Crippen LogP contribution in [0.1, 0.15) is 31.9 Å². The van der Waals surface area contributed by atoms with Gasteiger partial charge >= 0.3 is 0 Å². The second-order valence-corrected chi connectivity index (χ2v) is 7.01. The molecule has 0 aromatic heterocycles. The molecule has 0 spiro atoms. The number of hydrogen-bond donors (Lipinski definition) is 1. The van der Waals surface area contributed by atoms with E-state index in [0.29, 0.717) is 12.0 Å². The molecule has 1 N–H and O–H groups in total. The minimum Gasteiger partial charge on any atom is -0.307 e. The van der Waals surface area contributed by atoms with Crippen LogP contribution in [0, 0.1) is 5.92 Å². The van der Waals surface area contributed by atoms with Crippen molar-refractivity contribution in [3.63, 3.8) is 0 Å². The smallest absolute Gasteiger partial charge is 0.0464 e. The maximum atomic E-state index is 6.32. The van der Waals surface area contributed by atoms with Crippen LogP contribution >= 0.6 is 27.5 Å². The standard InChI is InChI=1S/C15H22BrClN2/c1-10-9-19(3)7-6-15(10)18-11(2)13-5-4-12(16)8-14(13)17/h4-5,8,10-11,15,18H,6-7,9H2,1-3H3. The highest BCUT2D eigenvalue weighted by atomic mass is 79.9. The van der Waals surface area contributed by atoms with Crippen molar-refractivity contribution in [2.24, 2.45) is 5.92 Å². The first kappa shape index (κ1) is 15.3. The van der Waals surface area contributed by atoms with E-state index >= 15 is 0 Å². The van der Waals surface area contributed by atoms with Crippen molar-refractivity contribution in [3.05, 3.63) is 33.3 Å². The van der Waals surface area contributed by atoms with Gasteiger partial charge in [0.2, 0.25) is 0 Å². The Bertz CT molecular complexity index is 438. The molecule has 0 aliphatic carbocycles. The predicted octanol–water partition coefficient (Wildman–Crippen LogP) is 4.09. The van der Waals surface area contributed by atoms with Gasteiger partial charge in [-0.15, -0.1) is 0 Å². The van der Waals surface area contributed by atoms with E-state index in [0.717, 1.165) is 9.50 Å². The Morgan fingerprint density at radius 3 is 2.84 bits per heavy atom. The Morgan fingerprint density at radius 2 is 2.21 bits per heavy atom. The Labute approximate surface area is 129 Å². The summed E-state index contributed by atoms with van der Waals surface area (Å²) in [6.07, 6.45) is 1.20. The van der Waals surface area contributed by atoms with Crippen LogP contribution in [0.4, 0.5) is 0 Å². The Balaban J connectivity index is 2.02. The van der Waals surface area contributed by atoms with E-state index in [2.05, 4.69) is 59.2 Å². The molecule has 0 bridgehead atoms. The molecule has 1 aliphatic heterocycles. The van der Waals surface area contributed by atoms with Gasteiger partial charge in [0.1, 0.15) is 0 Å². The molecule has 1 heterocycles. The summed E-state index contributed by atoms with van der Waals surface area (Å²) in [6, 6.07) is 6.98. The monoisotopic (exact) mass is 344 g/mol. The fraction of sp³-hybridized carbons (Fsp3) is 0.600. The third-order valence-corrected chi connectivity index (χ3v) is 4.82. The molecular weight excluding hydrogens is 324 g/mol. The average molecular weight is 346 g/mol. The molecule has 0 saturated carbocycles. The average Bonchev–Trinajstić information content (AvgIpc) is 2.32. The predicted molar refractivity (Wildman–Crippen MR) is 85.8 cm³/mol. The second kappa shape index (κ2) is 6.57. The van der Waals surface area contributed by atoms with Gasteiger partial charge in [0.05, 0.1) is 0 Å². The lowest BCUT2D eigenvalue weighted by atomic mass is 9.93. The van der Waals surface area contributed by atoms with Crippen molar-refractivity contribution < 1.29 is 0 Å². The maximum absolute atomic E-state index is 6.32. The highest BCUT2D eigenvalue weighted by Gasteiger charge is 2.25. The van der Waals surface area contributed by atoms with Gasteiger partial charge in [0.25, 0.3) is 0 Å². The van der Waals surface area contributed by atoms with Gasteiger partial charge in [0.15, 0.2) is 0 Å². The first-order valence-corrected chi connectivity index (χ1v) is 8.04. The summed E-state index contributed by atoms with van der Waals surface area (Å²) in [4.78, 5) is 2.40. The molecule has 1 fully saturated rings. The number of piperidine rings is 1. The lowest BCUT2D eigenvalue weighted by Crippen LogP contribution is -2.47. The summed E-state index contributed by atoms with van der Waals surface area (Å²) in [5.41, 5.74) is 1.18. The zero-order chi connectivity index (χ0) is 14.0. The van der Waals surface area contributed by atoms with E-state index in [-0.39, 0.29) is 6.04 Å². The molecular formula is C15H22BrClN2. The van der Waals surface area contributed by atoms with E-state index in [1.807, 2.05) is 6.07 Å². The first-order chi connectivity index (χ1) is 8.97. The number of halogens is 2. The summed E-state index contributed by atoms with van der Waals surface area (Å²) >= 11 is 9.77. The van der Waals surface area contributed by atoms with Crippen LogP contribution in [0.5, 0.6) is 0 Å². The molecule has 1 saturated heterocycles. The highest BCUT2D eigenvalue weighted by Crippen LogP contribution is 2.28. The Morgan fingerprint density at radius 1 is 1.47 bits per heavy atom. The summed E-state index contributed by atoms with van der Waals surface area (Å²) in [5.74, 6) is 0.676. The third-order valence-electron chi connectivity index (χ3n) is 4.00. The van der Waals surface area contributed by atoms with Gasteiger partial charge in [-0.2, -0.15) is 0 Å². The molecule has 19 heavy (non-hydrogen) atoms. The van der Waals surface area contributed by atoms with Gasteiger partial charge in [-0.05, 0) is 50.6 Å². The van der Waals surface area contributed by atoms with E-state index in [9.17, 15) is 0 Å². The second-order valence-electron chi connectivity index (χ2n) is 5.69. The SMILES string of the molecule is CC(NC1CCN(C)CC1C)c1ccc(Br)cc1Cl. The number of rotatable bonds is 3. The van der Waals surface area contributed by atoms with Crippen LogP contribution in [0.25, 0.3) is 0 Å². The Hall–Kier alpha value is -0.0900. The number of likely N-dealkylation sites (tertiary alicyclic amines) is 1. The topological polar surface area (TPSA) is 15.3 Å². The zero-order valence-electron chi connectivity index (χ0n) is 11.8. The maximum Gasteiger partial charge on any atom is 0.0464 e. The zero-order valence-corrected chi connectivity index (χ0v) is 14.1. The van der Waals surface area contributed by atoms with Crippen molar-refractivity contribution >= 4 is 27.5 Å². The third kappa shape index (κ3) is 3.94. The largest absolute Gasteiger partial charge is 0.307 e. The van der Waals surface area contributed by atoms with Gasteiger partial charge in [-0.25, -0.2) is 0 Å². The summed E-state index contributed by atoms with van der Waals surface area (Å²) in [6.45, 7) is 6.85. The lowest BCUT2D eigenvalue weighted by molar-refractivity contribution is 0.168. The van der Waals surface area contributed by atoms with E-state index in [4.69, 9.17) is 11.6 Å². The van der Waals surface area contributed by atoms with Gasteiger partial charge in [0, 0.05) is 28.1 Å². The van der Waals surface area contributed by atoms with Gasteiger partial charge < -0.3 is 10.2 Å². The minimum atomic E-state index is 0.288. The summed E-state index contributed by atoms with van der Waals surface area (Å²) in [5, 5.41) is 4.57. The lowest BCUT2D eigenvalue weighted by Gasteiger charge is -2.37. The van der Waals surface area contributed by atoms with Crippen molar-refractivity contribution in [3.8, 4) is 0 Å². The molecule has 3 unspecified atom stereocenters. The quantitative estimate of drug-likeness (QED) is 0.887. The fourth-order valence-electron chi connectivity index (χ4n) is 2.87. The molecule has 4 heteroatoms. The van der Waals surface area contributed by atoms with Crippen LogP contribution in [-0.2, 0) is 0 Å². The van der Waals surface area contributed by atoms with Gasteiger partial charge in [-0.1, -0.05) is 40.5 Å². The number of nitrogens with one attached hydrogen (secondary N) is 1. The molecule has 2 rings (SSSR count). The number of nitrogens with zero attached hydrogens (tertiary/aromatic N) is 1. The summed E-state index contributed by atoms with van der Waals surface area (Å²) in [7, 11) is 2.20. The Kier molecular flexibility index (Phi) is 5.29. The van der Waals surface area contributed by atoms with E-state index < -0.39 is 0 Å². The molecule has 1 aromatic carbocycles. The molecule has 0 radical (unpaired) electrons.